The molecule has 0 saturated heterocycles. The maximum Gasteiger partial charge on any atom is 0.232 e. The van der Waals surface area contributed by atoms with Crippen LogP contribution in [0.25, 0.3) is 21.5 Å². The van der Waals surface area contributed by atoms with Crippen LogP contribution in [0.4, 0.5) is 11.6 Å². The number of rotatable bonds is 4. The second kappa shape index (κ2) is 6.68. The largest absolute Gasteiger partial charge is 0.611 e. The predicted octanol–water partition coefficient (Wildman–Crippen LogP) is 3.70. The van der Waals surface area contributed by atoms with Crippen molar-refractivity contribution in [2.75, 3.05) is 11.5 Å². The maximum absolute atomic E-state index is 12.9. The zero-order valence-electron chi connectivity index (χ0n) is 14.7. The average molecular weight is 388 g/mol. The van der Waals surface area contributed by atoms with Gasteiger partial charge in [0.15, 0.2) is 0 Å². The van der Waals surface area contributed by atoms with E-state index in [1.807, 2.05) is 6.07 Å². The molecule has 1 fully saturated rings. The summed E-state index contributed by atoms with van der Waals surface area (Å²) in [6, 6.07) is 2.03. The molecule has 3 aromatic heterocycles. The molecule has 4 rings (SSSR count). The molecule has 1 aliphatic rings. The van der Waals surface area contributed by atoms with Gasteiger partial charge in [-0.25, -0.2) is 15.0 Å². The van der Waals surface area contributed by atoms with Crippen LogP contribution in [0.15, 0.2) is 22.7 Å². The number of fused-ring (bicyclic) bond motifs is 1. The van der Waals surface area contributed by atoms with Gasteiger partial charge in [0.25, 0.3) is 0 Å². The van der Waals surface area contributed by atoms with Crippen molar-refractivity contribution >= 4 is 44.4 Å². The first kappa shape index (κ1) is 17.5. The van der Waals surface area contributed by atoms with E-state index < -0.39 is 11.2 Å². The third kappa shape index (κ3) is 2.91. The second-order valence-electron chi connectivity index (χ2n) is 6.92. The Hall–Kier alpha value is -1.90. The van der Waals surface area contributed by atoms with Crippen molar-refractivity contribution in [3.63, 3.8) is 0 Å². The van der Waals surface area contributed by atoms with E-state index in [2.05, 4.69) is 23.8 Å². The SMILES string of the molecule is CC(C)c1cc(-c2cnc(N)nc2)nc2sc([S+]([O-])C3CCC3)c(N)c12. The van der Waals surface area contributed by atoms with Gasteiger partial charge in [0.05, 0.1) is 5.69 Å². The molecule has 0 spiro atoms. The molecule has 3 aromatic rings. The molecular formula is C18H21N5OS2. The zero-order valence-corrected chi connectivity index (χ0v) is 16.4. The number of nitrogen functional groups attached to an aromatic ring is 2. The number of hydrogen-bond donors (Lipinski definition) is 2. The Kier molecular flexibility index (Phi) is 4.50. The lowest BCUT2D eigenvalue weighted by atomic mass is 9.98. The Bertz CT molecular complexity index is 950. The van der Waals surface area contributed by atoms with Crippen LogP contribution in [-0.4, -0.2) is 24.8 Å². The number of nitrogens with zero attached hydrogens (tertiary/aromatic N) is 3. The minimum Gasteiger partial charge on any atom is -0.611 e. The molecule has 0 bridgehead atoms. The summed E-state index contributed by atoms with van der Waals surface area (Å²) in [6.45, 7) is 4.25. The molecule has 136 valence electrons. The normalized spacial score (nSPS) is 16.2. The van der Waals surface area contributed by atoms with Crippen LogP contribution in [0.2, 0.25) is 0 Å². The Balaban J connectivity index is 1.88. The fraction of sp³-hybridized carbons (Fsp3) is 0.389. The third-order valence-corrected chi connectivity index (χ3v) is 8.12. The molecule has 26 heavy (non-hydrogen) atoms. The highest BCUT2D eigenvalue weighted by Crippen LogP contribution is 2.44. The maximum atomic E-state index is 12.9. The Morgan fingerprint density at radius 1 is 1.23 bits per heavy atom. The Morgan fingerprint density at radius 2 is 1.92 bits per heavy atom. The Morgan fingerprint density at radius 3 is 2.50 bits per heavy atom. The number of aromatic nitrogens is 3. The van der Waals surface area contributed by atoms with Gasteiger partial charge in [-0.1, -0.05) is 25.2 Å². The highest BCUT2D eigenvalue weighted by atomic mass is 32.2. The van der Waals surface area contributed by atoms with Crippen LogP contribution in [-0.2, 0) is 11.2 Å². The van der Waals surface area contributed by atoms with Crippen molar-refractivity contribution in [3.8, 4) is 11.3 Å². The molecule has 1 atom stereocenters. The van der Waals surface area contributed by atoms with E-state index in [4.69, 9.17) is 16.5 Å². The van der Waals surface area contributed by atoms with Crippen LogP contribution in [0.1, 0.15) is 44.6 Å². The molecule has 1 unspecified atom stereocenters. The lowest BCUT2D eigenvalue weighted by molar-refractivity contribution is 0.478. The molecule has 3 heterocycles. The predicted molar refractivity (Wildman–Crippen MR) is 108 cm³/mol. The van der Waals surface area contributed by atoms with E-state index in [-0.39, 0.29) is 17.1 Å². The Labute approximate surface area is 159 Å². The summed E-state index contributed by atoms with van der Waals surface area (Å²) >= 11 is 0.402. The minimum atomic E-state index is -1.05. The first-order chi connectivity index (χ1) is 12.5. The van der Waals surface area contributed by atoms with Crippen molar-refractivity contribution in [3.05, 3.63) is 24.0 Å². The van der Waals surface area contributed by atoms with E-state index in [9.17, 15) is 4.55 Å². The molecule has 4 N–H and O–H groups in total. The van der Waals surface area contributed by atoms with Gasteiger partial charge in [0.2, 0.25) is 10.2 Å². The number of pyridine rings is 1. The van der Waals surface area contributed by atoms with Crippen molar-refractivity contribution < 1.29 is 4.55 Å². The lowest BCUT2D eigenvalue weighted by Gasteiger charge is -2.27. The lowest BCUT2D eigenvalue weighted by Crippen LogP contribution is -2.28. The molecule has 0 aromatic carbocycles. The van der Waals surface area contributed by atoms with Crippen molar-refractivity contribution in [2.24, 2.45) is 0 Å². The number of hydrogen-bond acceptors (Lipinski definition) is 7. The zero-order chi connectivity index (χ0) is 18.4. The van der Waals surface area contributed by atoms with Crippen LogP contribution in [0, 0.1) is 0 Å². The van der Waals surface area contributed by atoms with E-state index in [1.54, 1.807) is 12.4 Å². The molecule has 0 aliphatic heterocycles. The van der Waals surface area contributed by atoms with Crippen molar-refractivity contribution in [2.45, 2.75) is 48.5 Å². The van der Waals surface area contributed by atoms with Gasteiger partial charge in [-0.3, -0.25) is 0 Å². The highest BCUT2D eigenvalue weighted by molar-refractivity contribution is 7.94. The molecule has 0 radical (unpaired) electrons. The molecule has 8 heteroatoms. The quantitative estimate of drug-likeness (QED) is 0.660. The van der Waals surface area contributed by atoms with Crippen LogP contribution < -0.4 is 11.5 Å². The van der Waals surface area contributed by atoms with Crippen LogP contribution in [0.5, 0.6) is 0 Å². The van der Waals surface area contributed by atoms with Crippen molar-refractivity contribution in [1.29, 1.82) is 0 Å². The first-order valence-corrected chi connectivity index (χ1v) is 10.7. The summed E-state index contributed by atoms with van der Waals surface area (Å²) in [6.07, 6.45) is 6.52. The van der Waals surface area contributed by atoms with Gasteiger partial charge in [0, 0.05) is 34.5 Å². The third-order valence-electron chi connectivity index (χ3n) is 4.82. The molecular weight excluding hydrogens is 366 g/mol. The topological polar surface area (TPSA) is 114 Å². The monoisotopic (exact) mass is 387 g/mol. The molecule has 0 amide bonds. The first-order valence-electron chi connectivity index (χ1n) is 8.67. The standard InChI is InChI=1S/C18H21N5OS2/c1-9(2)12-6-13(10-7-21-18(20)22-8-10)23-16-14(12)15(19)17(25-16)26(24)11-4-3-5-11/h6-9,11H,3-5,19H2,1-2H3,(H2,20,21,22). The average Bonchev–Trinajstić information content (AvgIpc) is 2.90. The van der Waals surface area contributed by atoms with E-state index in [0.29, 0.717) is 5.69 Å². The van der Waals surface area contributed by atoms with Gasteiger partial charge >= 0.3 is 0 Å². The smallest absolute Gasteiger partial charge is 0.232 e. The van der Waals surface area contributed by atoms with Gasteiger partial charge in [-0.2, -0.15) is 0 Å². The summed E-state index contributed by atoms with van der Waals surface area (Å²) in [5.74, 6) is 0.494. The molecule has 1 aliphatic carbocycles. The number of thiophene rings is 1. The summed E-state index contributed by atoms with van der Waals surface area (Å²) in [7, 11) is 0. The van der Waals surface area contributed by atoms with Gasteiger partial charge in [-0.15, -0.1) is 0 Å². The highest BCUT2D eigenvalue weighted by Gasteiger charge is 2.35. The van der Waals surface area contributed by atoms with Crippen molar-refractivity contribution in [1.82, 2.24) is 15.0 Å². The summed E-state index contributed by atoms with van der Waals surface area (Å²) in [4.78, 5) is 13.7. The summed E-state index contributed by atoms with van der Waals surface area (Å²) in [5.41, 5.74) is 15.3. The second-order valence-corrected chi connectivity index (χ2v) is 9.84. The minimum absolute atomic E-state index is 0.234. The number of anilines is 2. The molecule has 1 saturated carbocycles. The van der Waals surface area contributed by atoms with Gasteiger partial charge < -0.3 is 16.0 Å². The fourth-order valence-corrected chi connectivity index (χ4v) is 6.31. The molecule has 6 nitrogen and oxygen atoms in total. The van der Waals surface area contributed by atoms with Gasteiger partial charge in [-0.05, 0) is 36.8 Å². The summed E-state index contributed by atoms with van der Waals surface area (Å²) < 4.78 is 13.6. The van der Waals surface area contributed by atoms with E-state index in [1.165, 1.54) is 11.3 Å². The van der Waals surface area contributed by atoms with Crippen LogP contribution in [0.3, 0.4) is 0 Å². The van der Waals surface area contributed by atoms with Crippen LogP contribution >= 0.6 is 11.3 Å². The number of nitrogens with two attached hydrogens (primary N) is 2. The van der Waals surface area contributed by atoms with E-state index in [0.717, 1.165) is 50.5 Å². The fourth-order valence-electron chi connectivity index (χ4n) is 3.09. The van der Waals surface area contributed by atoms with E-state index >= 15 is 0 Å². The van der Waals surface area contributed by atoms with Gasteiger partial charge in [0.1, 0.15) is 15.8 Å². The summed E-state index contributed by atoms with van der Waals surface area (Å²) in [5, 5.41) is 1.17.